The minimum atomic E-state index is -0.242. The van der Waals surface area contributed by atoms with Gasteiger partial charge in [0, 0.05) is 0 Å². The van der Waals surface area contributed by atoms with Crippen molar-refractivity contribution in [3.63, 3.8) is 0 Å². The van der Waals surface area contributed by atoms with E-state index in [1.807, 2.05) is 0 Å². The number of hydrogen-bond acceptors (Lipinski definition) is 5. The van der Waals surface area contributed by atoms with Crippen LogP contribution in [-0.4, -0.2) is 46.2 Å². The highest BCUT2D eigenvalue weighted by Gasteiger charge is 2.38. The molecule has 0 spiro atoms. The minimum absolute atomic E-state index is 0.0588. The van der Waals surface area contributed by atoms with Gasteiger partial charge in [0.05, 0.1) is 38.0 Å². The summed E-state index contributed by atoms with van der Waals surface area (Å²) in [5, 5.41) is 16.6. The molecule has 0 unspecified atom stereocenters. The Morgan fingerprint density at radius 3 is 2.93 bits per heavy atom. The predicted octanol–water partition coefficient (Wildman–Crippen LogP) is -0.901. The van der Waals surface area contributed by atoms with Crippen molar-refractivity contribution in [3.05, 3.63) is 11.9 Å². The number of carbonyl (C=O) groups excluding carboxylic acids is 1. The van der Waals surface area contributed by atoms with Crippen LogP contribution in [0.4, 0.5) is 0 Å². The SMILES string of the molecule is O=Cc1cn(CC2(CO)COC2)nn1. The number of aldehydes is 1. The third-order valence-corrected chi connectivity index (χ3v) is 2.33. The molecular formula is C8H11N3O3. The molecule has 1 aromatic rings. The number of aliphatic hydroxyl groups is 1. The standard InChI is InChI=1S/C8H11N3O3/c12-2-7-1-11(10-9-7)3-8(4-13)5-14-6-8/h1-2,13H,3-6H2. The van der Waals surface area contributed by atoms with Crippen LogP contribution in [0.1, 0.15) is 10.5 Å². The van der Waals surface area contributed by atoms with Crippen LogP contribution in [-0.2, 0) is 11.3 Å². The normalized spacial score (nSPS) is 18.9. The van der Waals surface area contributed by atoms with Crippen LogP contribution in [0.2, 0.25) is 0 Å². The number of carbonyl (C=O) groups is 1. The lowest BCUT2D eigenvalue weighted by atomic mass is 9.87. The maximum absolute atomic E-state index is 10.3. The van der Waals surface area contributed by atoms with Gasteiger partial charge in [-0.1, -0.05) is 5.21 Å². The molecule has 1 aromatic heterocycles. The Morgan fingerprint density at radius 2 is 2.50 bits per heavy atom. The molecule has 0 saturated carbocycles. The Balaban J connectivity index is 2.05. The Morgan fingerprint density at radius 1 is 1.71 bits per heavy atom. The minimum Gasteiger partial charge on any atom is -0.396 e. The van der Waals surface area contributed by atoms with E-state index in [-0.39, 0.29) is 12.0 Å². The van der Waals surface area contributed by atoms with Gasteiger partial charge >= 0.3 is 0 Å². The number of ether oxygens (including phenoxy) is 1. The van der Waals surface area contributed by atoms with Crippen molar-refractivity contribution in [2.45, 2.75) is 6.54 Å². The Kier molecular flexibility index (Phi) is 2.30. The molecule has 0 radical (unpaired) electrons. The van der Waals surface area contributed by atoms with E-state index in [2.05, 4.69) is 10.3 Å². The third kappa shape index (κ3) is 1.53. The second kappa shape index (κ2) is 3.47. The molecule has 6 heteroatoms. The van der Waals surface area contributed by atoms with Crippen molar-refractivity contribution in [1.29, 1.82) is 0 Å². The number of nitrogens with zero attached hydrogens (tertiary/aromatic N) is 3. The van der Waals surface area contributed by atoms with E-state index >= 15 is 0 Å². The number of rotatable bonds is 4. The summed E-state index contributed by atoms with van der Waals surface area (Å²) in [6.45, 7) is 1.65. The Hall–Kier alpha value is -1.27. The first-order valence-corrected chi connectivity index (χ1v) is 4.32. The van der Waals surface area contributed by atoms with Crippen LogP contribution in [0.5, 0.6) is 0 Å². The first-order chi connectivity index (χ1) is 6.78. The fourth-order valence-electron chi connectivity index (χ4n) is 1.41. The average molecular weight is 197 g/mol. The molecule has 1 aliphatic rings. The van der Waals surface area contributed by atoms with Gasteiger partial charge in [0.1, 0.15) is 5.69 Å². The molecule has 2 heterocycles. The Labute approximate surface area is 80.5 Å². The molecule has 0 bridgehead atoms. The van der Waals surface area contributed by atoms with Crippen molar-refractivity contribution < 1.29 is 14.6 Å². The van der Waals surface area contributed by atoms with Crippen LogP contribution in [0, 0.1) is 5.41 Å². The molecule has 0 amide bonds. The number of hydrogen-bond donors (Lipinski definition) is 1. The summed E-state index contributed by atoms with van der Waals surface area (Å²) in [5.74, 6) is 0. The summed E-state index contributed by atoms with van der Waals surface area (Å²) in [7, 11) is 0. The van der Waals surface area contributed by atoms with Crippen LogP contribution < -0.4 is 0 Å². The van der Waals surface area contributed by atoms with Crippen LogP contribution >= 0.6 is 0 Å². The molecule has 0 atom stereocenters. The highest BCUT2D eigenvalue weighted by atomic mass is 16.5. The molecule has 2 rings (SSSR count). The smallest absolute Gasteiger partial charge is 0.171 e. The molecule has 1 aliphatic heterocycles. The number of aromatic nitrogens is 3. The van der Waals surface area contributed by atoms with Gasteiger partial charge in [-0.15, -0.1) is 5.10 Å². The monoisotopic (exact) mass is 197 g/mol. The fourth-order valence-corrected chi connectivity index (χ4v) is 1.41. The first kappa shape index (κ1) is 9.29. The van der Waals surface area contributed by atoms with Gasteiger partial charge in [0.15, 0.2) is 6.29 Å². The van der Waals surface area contributed by atoms with Crippen LogP contribution in [0.15, 0.2) is 6.20 Å². The number of aliphatic hydroxyl groups excluding tert-OH is 1. The summed E-state index contributed by atoms with van der Waals surface area (Å²) in [4.78, 5) is 10.3. The Bertz CT molecular complexity index is 327. The molecule has 1 saturated heterocycles. The van der Waals surface area contributed by atoms with E-state index in [0.717, 1.165) is 0 Å². The molecule has 1 N–H and O–H groups in total. The maximum atomic E-state index is 10.3. The second-order valence-corrected chi connectivity index (χ2v) is 3.61. The predicted molar refractivity (Wildman–Crippen MR) is 45.7 cm³/mol. The highest BCUT2D eigenvalue weighted by Crippen LogP contribution is 2.28. The summed E-state index contributed by atoms with van der Waals surface area (Å²) < 4.78 is 6.60. The van der Waals surface area contributed by atoms with E-state index in [9.17, 15) is 4.79 Å². The van der Waals surface area contributed by atoms with E-state index in [1.54, 1.807) is 10.9 Å². The molecular weight excluding hydrogens is 186 g/mol. The average Bonchev–Trinajstić information content (AvgIpc) is 2.59. The summed E-state index contributed by atoms with van der Waals surface area (Å²) in [5.41, 5.74) is 0.0618. The quantitative estimate of drug-likeness (QED) is 0.633. The topological polar surface area (TPSA) is 77.2 Å². The first-order valence-electron chi connectivity index (χ1n) is 4.32. The summed E-state index contributed by atoms with van der Waals surface area (Å²) in [6.07, 6.45) is 2.20. The maximum Gasteiger partial charge on any atom is 0.171 e. The largest absolute Gasteiger partial charge is 0.396 e. The zero-order valence-electron chi connectivity index (χ0n) is 7.59. The van der Waals surface area contributed by atoms with E-state index in [4.69, 9.17) is 9.84 Å². The van der Waals surface area contributed by atoms with Gasteiger partial charge in [-0.2, -0.15) is 0 Å². The van der Waals surface area contributed by atoms with Crippen molar-refractivity contribution >= 4 is 6.29 Å². The zero-order valence-corrected chi connectivity index (χ0v) is 7.59. The van der Waals surface area contributed by atoms with E-state index < -0.39 is 0 Å². The molecule has 0 aliphatic carbocycles. The lowest BCUT2D eigenvalue weighted by Gasteiger charge is -2.39. The highest BCUT2D eigenvalue weighted by molar-refractivity contribution is 5.70. The second-order valence-electron chi connectivity index (χ2n) is 3.61. The lowest BCUT2D eigenvalue weighted by Crippen LogP contribution is -2.48. The van der Waals surface area contributed by atoms with Crippen molar-refractivity contribution in [1.82, 2.24) is 15.0 Å². The van der Waals surface area contributed by atoms with Gasteiger partial charge in [-0.3, -0.25) is 9.48 Å². The van der Waals surface area contributed by atoms with Gasteiger partial charge in [-0.25, -0.2) is 0 Å². The van der Waals surface area contributed by atoms with Crippen molar-refractivity contribution in [2.75, 3.05) is 19.8 Å². The van der Waals surface area contributed by atoms with Crippen LogP contribution in [0.25, 0.3) is 0 Å². The van der Waals surface area contributed by atoms with Gasteiger partial charge in [-0.05, 0) is 0 Å². The molecule has 6 nitrogen and oxygen atoms in total. The van der Waals surface area contributed by atoms with Gasteiger partial charge in [0.2, 0.25) is 0 Å². The summed E-state index contributed by atoms with van der Waals surface area (Å²) >= 11 is 0. The van der Waals surface area contributed by atoms with Crippen molar-refractivity contribution in [2.24, 2.45) is 5.41 Å². The lowest BCUT2D eigenvalue weighted by molar-refractivity contribution is -0.146. The summed E-state index contributed by atoms with van der Waals surface area (Å²) in [6, 6.07) is 0. The molecule has 14 heavy (non-hydrogen) atoms. The fraction of sp³-hybridized carbons (Fsp3) is 0.625. The molecule has 0 aromatic carbocycles. The van der Waals surface area contributed by atoms with Crippen LogP contribution in [0.3, 0.4) is 0 Å². The zero-order chi connectivity index (χ0) is 10.0. The molecule has 76 valence electrons. The van der Waals surface area contributed by atoms with E-state index in [0.29, 0.717) is 31.7 Å². The van der Waals surface area contributed by atoms with Gasteiger partial charge in [0.25, 0.3) is 0 Å². The van der Waals surface area contributed by atoms with Crippen molar-refractivity contribution in [3.8, 4) is 0 Å². The van der Waals surface area contributed by atoms with Gasteiger partial charge < -0.3 is 9.84 Å². The molecule has 1 fully saturated rings. The van der Waals surface area contributed by atoms with E-state index in [1.165, 1.54) is 0 Å². The third-order valence-electron chi connectivity index (χ3n) is 2.33.